The zero-order valence-electron chi connectivity index (χ0n) is 10.9. The minimum absolute atomic E-state index is 0.111. The van der Waals surface area contributed by atoms with Gasteiger partial charge in [0, 0.05) is 5.56 Å². The molecular weight excluding hydrogens is 268 g/mol. The quantitative estimate of drug-likeness (QED) is 0.578. The molecule has 0 aliphatic heterocycles. The second kappa shape index (κ2) is 6.47. The molecule has 0 unspecified atom stereocenters. The van der Waals surface area contributed by atoms with E-state index in [1.807, 2.05) is 6.92 Å². The van der Waals surface area contributed by atoms with Gasteiger partial charge in [0.05, 0.1) is 6.61 Å². The minimum Gasteiger partial charge on any atom is -0.465 e. The Hall–Kier alpha value is -1.69. The summed E-state index contributed by atoms with van der Waals surface area (Å²) in [6, 6.07) is 6.59. The van der Waals surface area contributed by atoms with Crippen molar-refractivity contribution in [3.63, 3.8) is 0 Å². The molecule has 0 saturated heterocycles. The Bertz CT molecular complexity index is 557. The van der Waals surface area contributed by atoms with E-state index in [1.54, 1.807) is 31.2 Å². The van der Waals surface area contributed by atoms with E-state index in [0.717, 1.165) is 5.56 Å². The molecule has 0 aromatic heterocycles. The molecule has 1 aromatic carbocycles. The molecule has 0 radical (unpaired) electrons. The van der Waals surface area contributed by atoms with Crippen LogP contribution in [0, 0.1) is 6.92 Å². The fourth-order valence-corrected chi connectivity index (χ4v) is 2.57. The Labute approximate surface area is 112 Å². The first-order valence-corrected chi connectivity index (χ1v) is 7.62. The average Bonchev–Trinajstić information content (AvgIpc) is 2.28. The smallest absolute Gasteiger partial charge is 0.321 e. The largest absolute Gasteiger partial charge is 0.465 e. The number of carbonyl (C=O) groups excluding carboxylic acids is 2. The number of hydrogen-bond donors (Lipinski definition) is 0. The number of Topliss-reactive ketones (excluding diaryl/α,β-unsaturated/α-hetero) is 1. The van der Waals surface area contributed by atoms with Crippen molar-refractivity contribution in [2.45, 2.75) is 13.8 Å². The topological polar surface area (TPSA) is 77.5 Å². The number of hydrogen-bond acceptors (Lipinski definition) is 5. The second-order valence-electron chi connectivity index (χ2n) is 4.13. The first-order chi connectivity index (χ1) is 8.84. The molecule has 0 atom stereocenters. The van der Waals surface area contributed by atoms with Crippen LogP contribution in [0.15, 0.2) is 24.3 Å². The van der Waals surface area contributed by atoms with Crippen molar-refractivity contribution >= 4 is 21.6 Å². The minimum atomic E-state index is -3.78. The first-order valence-electron chi connectivity index (χ1n) is 5.80. The van der Waals surface area contributed by atoms with Crippen LogP contribution in [0.4, 0.5) is 0 Å². The molecule has 0 spiro atoms. The molecule has 0 N–H and O–H groups in total. The number of ketones is 1. The van der Waals surface area contributed by atoms with E-state index in [0.29, 0.717) is 5.56 Å². The lowest BCUT2D eigenvalue weighted by atomic mass is 10.1. The maximum absolute atomic E-state index is 11.8. The van der Waals surface area contributed by atoms with Gasteiger partial charge in [-0.1, -0.05) is 29.8 Å². The predicted octanol–water partition coefficient (Wildman–Crippen LogP) is 1.16. The maximum atomic E-state index is 11.8. The summed E-state index contributed by atoms with van der Waals surface area (Å²) in [7, 11) is -3.78. The SMILES string of the molecule is CCOC(=O)CS(=O)(=O)CC(=O)c1ccc(C)cc1. The van der Waals surface area contributed by atoms with Gasteiger partial charge in [-0.15, -0.1) is 0 Å². The second-order valence-corrected chi connectivity index (χ2v) is 6.19. The average molecular weight is 284 g/mol. The zero-order valence-corrected chi connectivity index (χ0v) is 11.7. The molecule has 19 heavy (non-hydrogen) atoms. The molecule has 0 saturated carbocycles. The van der Waals surface area contributed by atoms with Crippen molar-refractivity contribution in [1.29, 1.82) is 0 Å². The van der Waals surface area contributed by atoms with Gasteiger partial charge in [-0.2, -0.15) is 0 Å². The van der Waals surface area contributed by atoms with Gasteiger partial charge in [0.15, 0.2) is 15.6 Å². The Morgan fingerprint density at radius 2 is 1.68 bits per heavy atom. The summed E-state index contributed by atoms with van der Waals surface area (Å²) >= 11 is 0. The van der Waals surface area contributed by atoms with E-state index in [9.17, 15) is 18.0 Å². The summed E-state index contributed by atoms with van der Waals surface area (Å²) in [5.74, 6) is -2.81. The molecule has 6 heteroatoms. The van der Waals surface area contributed by atoms with Gasteiger partial charge >= 0.3 is 5.97 Å². The van der Waals surface area contributed by atoms with E-state index >= 15 is 0 Å². The molecule has 0 aliphatic rings. The van der Waals surface area contributed by atoms with Crippen molar-refractivity contribution in [2.24, 2.45) is 0 Å². The standard InChI is InChI=1S/C13H16O5S/c1-3-18-13(15)9-19(16,17)8-12(14)11-6-4-10(2)5-7-11/h4-7H,3,8-9H2,1-2H3. The van der Waals surface area contributed by atoms with E-state index in [1.165, 1.54) is 0 Å². The summed E-state index contributed by atoms with van der Waals surface area (Å²) in [5.41, 5.74) is 1.30. The third kappa shape index (κ3) is 5.21. The van der Waals surface area contributed by atoms with Gasteiger partial charge in [-0.25, -0.2) is 8.42 Å². The third-order valence-corrected chi connectivity index (χ3v) is 3.75. The highest BCUT2D eigenvalue weighted by Crippen LogP contribution is 2.06. The van der Waals surface area contributed by atoms with Gasteiger partial charge in [-0.05, 0) is 13.8 Å². The number of esters is 1. The lowest BCUT2D eigenvalue weighted by molar-refractivity contribution is -0.139. The van der Waals surface area contributed by atoms with Crippen molar-refractivity contribution in [3.05, 3.63) is 35.4 Å². The fraction of sp³-hybridized carbons (Fsp3) is 0.385. The number of sulfone groups is 1. The van der Waals surface area contributed by atoms with Gasteiger partial charge in [0.1, 0.15) is 11.5 Å². The molecule has 0 heterocycles. The van der Waals surface area contributed by atoms with Crippen LogP contribution in [0.25, 0.3) is 0 Å². The highest BCUT2D eigenvalue weighted by atomic mass is 32.2. The Balaban J connectivity index is 2.70. The molecule has 0 fully saturated rings. The Morgan fingerprint density at radius 1 is 1.11 bits per heavy atom. The summed E-state index contributed by atoms with van der Waals surface area (Å²) < 4.78 is 27.8. The maximum Gasteiger partial charge on any atom is 0.321 e. The van der Waals surface area contributed by atoms with Crippen LogP contribution in [0.3, 0.4) is 0 Å². The summed E-state index contributed by atoms with van der Waals surface area (Å²) in [4.78, 5) is 22.9. The number of benzene rings is 1. The van der Waals surface area contributed by atoms with Crippen LogP contribution in [-0.4, -0.2) is 38.3 Å². The first kappa shape index (κ1) is 15.4. The summed E-state index contributed by atoms with van der Waals surface area (Å²) in [6.07, 6.45) is 0. The molecule has 5 nitrogen and oxygen atoms in total. The molecule has 0 amide bonds. The molecule has 104 valence electrons. The normalized spacial score (nSPS) is 11.1. The highest BCUT2D eigenvalue weighted by molar-refractivity contribution is 7.92. The van der Waals surface area contributed by atoms with Crippen LogP contribution < -0.4 is 0 Å². The van der Waals surface area contributed by atoms with E-state index in [2.05, 4.69) is 4.74 Å². The number of carbonyl (C=O) groups is 2. The van der Waals surface area contributed by atoms with Crippen LogP contribution in [0.2, 0.25) is 0 Å². The van der Waals surface area contributed by atoms with Crippen LogP contribution in [0.5, 0.6) is 0 Å². The van der Waals surface area contributed by atoms with Gasteiger partial charge in [0.2, 0.25) is 0 Å². The third-order valence-electron chi connectivity index (χ3n) is 2.37. The van der Waals surface area contributed by atoms with Crippen molar-refractivity contribution < 1.29 is 22.7 Å². The van der Waals surface area contributed by atoms with Crippen molar-refractivity contribution in [1.82, 2.24) is 0 Å². The van der Waals surface area contributed by atoms with Crippen LogP contribution >= 0.6 is 0 Å². The number of aryl methyl sites for hydroxylation is 1. The molecule has 1 aromatic rings. The lowest BCUT2D eigenvalue weighted by Crippen LogP contribution is -2.25. The van der Waals surface area contributed by atoms with Gasteiger partial charge < -0.3 is 4.74 Å². The van der Waals surface area contributed by atoms with Crippen LogP contribution in [-0.2, 0) is 19.4 Å². The van der Waals surface area contributed by atoms with Gasteiger partial charge in [0.25, 0.3) is 0 Å². The molecule has 0 bridgehead atoms. The lowest BCUT2D eigenvalue weighted by Gasteiger charge is -2.04. The number of ether oxygens (including phenoxy) is 1. The number of rotatable bonds is 6. The van der Waals surface area contributed by atoms with Crippen molar-refractivity contribution in [3.8, 4) is 0 Å². The predicted molar refractivity (Wildman–Crippen MR) is 70.8 cm³/mol. The zero-order chi connectivity index (χ0) is 14.5. The summed E-state index contributed by atoms with van der Waals surface area (Å²) in [6.45, 7) is 3.56. The van der Waals surface area contributed by atoms with Crippen LogP contribution in [0.1, 0.15) is 22.8 Å². The highest BCUT2D eigenvalue weighted by Gasteiger charge is 2.22. The van der Waals surface area contributed by atoms with E-state index < -0.39 is 33.1 Å². The van der Waals surface area contributed by atoms with E-state index in [4.69, 9.17) is 0 Å². The van der Waals surface area contributed by atoms with Gasteiger partial charge in [-0.3, -0.25) is 9.59 Å². The Morgan fingerprint density at radius 3 is 2.21 bits per heavy atom. The molecular formula is C13H16O5S. The Kier molecular flexibility index (Phi) is 5.23. The molecule has 1 rings (SSSR count). The van der Waals surface area contributed by atoms with E-state index in [-0.39, 0.29) is 6.61 Å². The fourth-order valence-electron chi connectivity index (χ4n) is 1.46. The molecule has 0 aliphatic carbocycles. The van der Waals surface area contributed by atoms with Crippen molar-refractivity contribution in [2.75, 3.05) is 18.1 Å². The monoisotopic (exact) mass is 284 g/mol. The summed E-state index contributed by atoms with van der Waals surface area (Å²) in [5, 5.41) is 0.